The summed E-state index contributed by atoms with van der Waals surface area (Å²) in [5.41, 5.74) is 7.13. The molecule has 0 atom stereocenters. The largest absolute Gasteiger partial charge is 0.329 e. The van der Waals surface area contributed by atoms with E-state index in [0.717, 1.165) is 24.3 Å². The minimum Gasteiger partial charge on any atom is -0.307 e. The lowest BCUT2D eigenvalue weighted by molar-refractivity contribution is 0.257. The molecule has 0 spiro atoms. The van der Waals surface area contributed by atoms with E-state index in [2.05, 4.69) is 35.1 Å². The third kappa shape index (κ3) is 2.93. The molecule has 0 aromatic heterocycles. The van der Waals surface area contributed by atoms with Crippen molar-refractivity contribution in [2.24, 2.45) is 0 Å². The molecule has 1 saturated carbocycles. The highest BCUT2D eigenvalue weighted by Gasteiger charge is 2.44. The molecule has 1 fully saturated rings. The van der Waals surface area contributed by atoms with Crippen LogP contribution in [0.25, 0.3) is 0 Å². The monoisotopic (exact) mass is 345 g/mol. The molecular weight excluding hydrogens is 318 g/mol. The second-order valence-electron chi connectivity index (χ2n) is 7.70. The van der Waals surface area contributed by atoms with Gasteiger partial charge in [0, 0.05) is 17.0 Å². The van der Waals surface area contributed by atoms with Gasteiger partial charge >= 0.3 is 6.03 Å². The molecule has 1 aromatic rings. The maximum atomic E-state index is 12.4. The zero-order valence-corrected chi connectivity index (χ0v) is 15.5. The first-order valence-corrected chi connectivity index (χ1v) is 10.1. The molecule has 3 aliphatic rings. The number of rotatable bonds is 5. The van der Waals surface area contributed by atoms with Crippen molar-refractivity contribution < 1.29 is 4.79 Å². The number of carbonyl (C=O) groups excluding carboxylic acids is 1. The average Bonchev–Trinajstić information content (AvgIpc) is 2.97. The van der Waals surface area contributed by atoms with Crippen LogP contribution in [0, 0.1) is 0 Å². The molecule has 5 heteroatoms. The number of fused-ring (bicyclic) bond motifs is 2. The number of nitrogens with one attached hydrogen (secondary N) is 2. The number of benzene rings is 1. The van der Waals surface area contributed by atoms with E-state index >= 15 is 0 Å². The third-order valence-electron chi connectivity index (χ3n) is 5.99. The molecule has 2 N–H and O–H groups in total. The van der Waals surface area contributed by atoms with Crippen LogP contribution in [0.3, 0.4) is 0 Å². The van der Waals surface area contributed by atoms with Gasteiger partial charge in [0.15, 0.2) is 0 Å². The second kappa shape index (κ2) is 6.26. The maximum absolute atomic E-state index is 12.4. The predicted octanol–water partition coefficient (Wildman–Crippen LogP) is 3.53. The Labute approximate surface area is 148 Å². The van der Waals surface area contributed by atoms with E-state index in [-0.39, 0.29) is 6.03 Å². The maximum Gasteiger partial charge on any atom is 0.329 e. The van der Waals surface area contributed by atoms with Gasteiger partial charge in [0.1, 0.15) is 0 Å². The molecule has 1 aromatic carbocycles. The Balaban J connectivity index is 1.41. The number of amides is 2. The van der Waals surface area contributed by atoms with Crippen LogP contribution in [0.4, 0.5) is 10.5 Å². The Morgan fingerprint density at radius 2 is 1.75 bits per heavy atom. The number of anilines is 1. The van der Waals surface area contributed by atoms with Gasteiger partial charge in [-0.25, -0.2) is 4.79 Å². The van der Waals surface area contributed by atoms with E-state index in [1.165, 1.54) is 60.8 Å². The summed E-state index contributed by atoms with van der Waals surface area (Å²) in [4.78, 5) is 14.7. The number of nitrogens with zero attached hydrogens (tertiary/aromatic N) is 1. The van der Waals surface area contributed by atoms with Gasteiger partial charge in [0.25, 0.3) is 0 Å². The third-order valence-corrected chi connectivity index (χ3v) is 7.00. The van der Waals surface area contributed by atoms with Crippen LogP contribution in [0.5, 0.6) is 0 Å². The molecular formula is C19H27N3OS. The minimum atomic E-state index is -0.0658. The average molecular weight is 346 g/mol. The lowest BCUT2D eigenvalue weighted by Gasteiger charge is -2.23. The van der Waals surface area contributed by atoms with Gasteiger partial charge in [-0.3, -0.25) is 4.72 Å². The first kappa shape index (κ1) is 16.3. The van der Waals surface area contributed by atoms with Crippen LogP contribution >= 0.6 is 11.9 Å². The summed E-state index contributed by atoms with van der Waals surface area (Å²) in [5.74, 6) is 0.957. The first-order valence-electron chi connectivity index (χ1n) is 9.12. The van der Waals surface area contributed by atoms with Crippen LogP contribution < -0.4 is 10.0 Å². The van der Waals surface area contributed by atoms with E-state index in [4.69, 9.17) is 0 Å². The first-order chi connectivity index (χ1) is 11.6. The molecule has 0 aliphatic heterocycles. The zero-order valence-electron chi connectivity index (χ0n) is 14.7. The van der Waals surface area contributed by atoms with E-state index in [0.29, 0.717) is 5.54 Å². The highest BCUT2D eigenvalue weighted by molar-refractivity contribution is 7.98. The van der Waals surface area contributed by atoms with Crippen molar-refractivity contribution in [3.63, 3.8) is 0 Å². The fourth-order valence-corrected chi connectivity index (χ4v) is 5.28. The molecule has 4 rings (SSSR count). The Hall–Kier alpha value is -1.20. The fourth-order valence-electron chi connectivity index (χ4n) is 4.21. The Morgan fingerprint density at radius 3 is 2.29 bits per heavy atom. The number of hydrogen-bond acceptors (Lipinski definition) is 3. The molecule has 3 aliphatic carbocycles. The summed E-state index contributed by atoms with van der Waals surface area (Å²) >= 11 is 1.54. The summed E-state index contributed by atoms with van der Waals surface area (Å²) < 4.78 is 3.00. The normalized spacial score (nSPS) is 20.0. The molecule has 0 bridgehead atoms. The number of carbonyl (C=O) groups is 1. The van der Waals surface area contributed by atoms with Crippen LogP contribution in [0.2, 0.25) is 0 Å². The summed E-state index contributed by atoms with van der Waals surface area (Å²) in [6.45, 7) is 0. The van der Waals surface area contributed by atoms with Crippen molar-refractivity contribution in [1.29, 1.82) is 0 Å². The summed E-state index contributed by atoms with van der Waals surface area (Å²) in [5, 5.41) is 3.19. The summed E-state index contributed by atoms with van der Waals surface area (Å²) in [7, 11) is 4.26. The van der Waals surface area contributed by atoms with Crippen LogP contribution in [-0.4, -0.2) is 36.3 Å². The van der Waals surface area contributed by atoms with E-state index in [1.54, 1.807) is 11.9 Å². The van der Waals surface area contributed by atoms with E-state index in [1.807, 2.05) is 0 Å². The quantitative estimate of drug-likeness (QED) is 0.803. The van der Waals surface area contributed by atoms with Crippen LogP contribution in [0.15, 0.2) is 6.07 Å². The van der Waals surface area contributed by atoms with Gasteiger partial charge in [-0.2, -0.15) is 0 Å². The lowest BCUT2D eigenvalue weighted by Crippen LogP contribution is -2.34. The molecule has 130 valence electrons. The lowest BCUT2D eigenvalue weighted by atomic mass is 9.99. The van der Waals surface area contributed by atoms with Gasteiger partial charge in [-0.05, 0) is 99.7 Å². The van der Waals surface area contributed by atoms with Gasteiger partial charge in [-0.15, -0.1) is 0 Å². The van der Waals surface area contributed by atoms with E-state index in [9.17, 15) is 4.79 Å². The van der Waals surface area contributed by atoms with Gasteiger partial charge in [-0.1, -0.05) is 6.07 Å². The number of aryl methyl sites for hydroxylation is 2. The Bertz CT molecular complexity index is 635. The van der Waals surface area contributed by atoms with Gasteiger partial charge in [0.2, 0.25) is 0 Å². The standard InChI is InChI=1S/C19H27N3OS/c1-22(2)19(9-10-19)12-24-21-18(23)20-17-15-7-3-5-13(15)11-14-6-4-8-16(14)17/h11H,3-10,12H2,1-2H3,(H2,20,21,23). The number of urea groups is 1. The summed E-state index contributed by atoms with van der Waals surface area (Å²) in [6, 6.07) is 2.33. The summed E-state index contributed by atoms with van der Waals surface area (Å²) in [6.07, 6.45) is 9.44. The number of hydrogen-bond donors (Lipinski definition) is 2. The Morgan fingerprint density at radius 1 is 1.12 bits per heavy atom. The molecule has 0 saturated heterocycles. The SMILES string of the molecule is CN(C)C1(CSNC(=O)Nc2c3c(cc4c2CCC4)CCC3)CC1. The van der Waals surface area contributed by atoms with Crippen molar-refractivity contribution in [1.82, 2.24) is 9.62 Å². The Kier molecular flexibility index (Phi) is 4.25. The minimum absolute atomic E-state index is 0.0658. The smallest absolute Gasteiger partial charge is 0.307 e. The molecule has 24 heavy (non-hydrogen) atoms. The molecule has 0 unspecified atom stereocenters. The second-order valence-corrected chi connectivity index (χ2v) is 8.48. The van der Waals surface area contributed by atoms with Gasteiger partial charge < -0.3 is 10.2 Å². The highest BCUT2D eigenvalue weighted by atomic mass is 32.2. The van der Waals surface area contributed by atoms with Crippen LogP contribution in [-0.2, 0) is 25.7 Å². The van der Waals surface area contributed by atoms with Crippen LogP contribution in [0.1, 0.15) is 47.9 Å². The molecule has 0 radical (unpaired) electrons. The fraction of sp³-hybridized carbons (Fsp3) is 0.632. The van der Waals surface area contributed by atoms with Crippen molar-refractivity contribution in [2.45, 2.75) is 56.9 Å². The van der Waals surface area contributed by atoms with E-state index < -0.39 is 0 Å². The predicted molar refractivity (Wildman–Crippen MR) is 101 cm³/mol. The topological polar surface area (TPSA) is 44.4 Å². The van der Waals surface area contributed by atoms with Gasteiger partial charge in [0.05, 0.1) is 0 Å². The molecule has 4 nitrogen and oxygen atoms in total. The van der Waals surface area contributed by atoms with Crippen molar-refractivity contribution in [3.05, 3.63) is 28.3 Å². The molecule has 2 amide bonds. The van der Waals surface area contributed by atoms with Crippen molar-refractivity contribution >= 4 is 23.7 Å². The van der Waals surface area contributed by atoms with Crippen molar-refractivity contribution in [3.8, 4) is 0 Å². The van der Waals surface area contributed by atoms with Crippen molar-refractivity contribution in [2.75, 3.05) is 25.2 Å². The molecule has 0 heterocycles. The zero-order chi connectivity index (χ0) is 16.7. The highest BCUT2D eigenvalue weighted by Crippen LogP contribution is 2.42.